The highest BCUT2D eigenvalue weighted by Gasteiger charge is 2.36. The van der Waals surface area contributed by atoms with Crippen LogP contribution in [-0.2, 0) is 32.9 Å². The highest BCUT2D eigenvalue weighted by Crippen LogP contribution is 2.37. The monoisotopic (exact) mass is 863 g/mol. The molecule has 2 atom stereocenters. The van der Waals surface area contributed by atoms with Crippen LogP contribution < -0.4 is 26.0 Å². The summed E-state index contributed by atoms with van der Waals surface area (Å²) < 4.78 is 10.3. The van der Waals surface area contributed by atoms with E-state index in [9.17, 15) is 34.4 Å². The number of amides is 3. The highest BCUT2D eigenvalue weighted by molar-refractivity contribution is 5.98. The Labute approximate surface area is 370 Å². The lowest BCUT2D eigenvalue weighted by atomic mass is 9.76. The maximum absolute atomic E-state index is 14.0. The quantitative estimate of drug-likeness (QED) is 0.0124. The minimum Gasteiger partial charge on any atom is -0.465 e. The zero-order valence-corrected chi connectivity index (χ0v) is 35.1. The number of rotatable bonds is 20. The molecule has 5 N–H and O–H groups in total. The van der Waals surface area contributed by atoms with Crippen molar-refractivity contribution in [3.05, 3.63) is 207 Å². The van der Waals surface area contributed by atoms with E-state index in [1.54, 1.807) is 48.5 Å². The second-order valence-corrected chi connectivity index (χ2v) is 15.1. The first kappa shape index (κ1) is 45.7. The van der Waals surface area contributed by atoms with E-state index in [0.717, 1.165) is 27.8 Å². The summed E-state index contributed by atoms with van der Waals surface area (Å²) in [7, 11) is 0. The van der Waals surface area contributed by atoms with Gasteiger partial charge in [0, 0.05) is 24.2 Å². The average molecular weight is 864 g/mol. The maximum Gasteiger partial charge on any atom is 0.514 e. The van der Waals surface area contributed by atoms with Crippen molar-refractivity contribution in [3.63, 3.8) is 0 Å². The summed E-state index contributed by atoms with van der Waals surface area (Å²) in [6.07, 6.45) is -0.941. The molecule has 0 fully saturated rings. The molecule has 328 valence electrons. The molecule has 0 aliphatic carbocycles. The topological polar surface area (TPSA) is 198 Å². The number of carbonyl (C=O) groups is 4. The lowest BCUT2D eigenvalue weighted by Gasteiger charge is -2.37. The number of nitro benzene ring substituents is 1. The number of hydrogen-bond acceptors (Lipinski definition) is 9. The minimum atomic E-state index is -1.37. The first-order valence-electron chi connectivity index (χ1n) is 20.8. The van der Waals surface area contributed by atoms with Crippen molar-refractivity contribution in [2.24, 2.45) is 0 Å². The van der Waals surface area contributed by atoms with Gasteiger partial charge in [0.15, 0.2) is 0 Å². The van der Waals surface area contributed by atoms with E-state index < -0.39 is 46.6 Å². The fraction of sp³-hybridized carbons (Fsp3) is 0.200. The van der Waals surface area contributed by atoms with Crippen LogP contribution in [-0.4, -0.2) is 52.7 Å². The molecule has 0 spiro atoms. The van der Waals surface area contributed by atoms with Crippen molar-refractivity contribution in [1.29, 1.82) is 0 Å². The zero-order chi connectivity index (χ0) is 45.3. The molecule has 6 rings (SSSR count). The Morgan fingerprint density at radius 3 is 1.81 bits per heavy atom. The molecule has 0 heterocycles. The molecule has 0 saturated carbocycles. The molecule has 0 bridgehead atoms. The molecule has 0 saturated heterocycles. The lowest BCUT2D eigenvalue weighted by molar-refractivity contribution is -0.384. The number of anilines is 1. The van der Waals surface area contributed by atoms with Crippen LogP contribution in [0.15, 0.2) is 164 Å². The van der Waals surface area contributed by atoms with Gasteiger partial charge in [0.2, 0.25) is 11.8 Å². The van der Waals surface area contributed by atoms with Gasteiger partial charge in [0.05, 0.1) is 10.5 Å². The van der Waals surface area contributed by atoms with E-state index in [1.807, 2.05) is 42.5 Å². The van der Waals surface area contributed by atoms with Crippen molar-refractivity contribution in [2.75, 3.05) is 11.9 Å². The summed E-state index contributed by atoms with van der Waals surface area (Å²) in [6.45, 7) is 2.44. The van der Waals surface area contributed by atoms with Gasteiger partial charge in [0.1, 0.15) is 24.4 Å². The standard InChI is InChI=1S/C50H49N5O9/c1-35-20-24-40(25-21-35)50(38-15-7-3-8-16-38,39-17-9-4-10-18-39)51-32-12-11-19-44(53-47(57)45(54-48(58)59)33-36-13-5-2-6-14-36)46(56)52-41-26-22-37(23-27-41)34-63-49(60)64-43-30-28-42(29-31-43)55(61)62/h2-10,13-18,20-31,44-45,51,54H,11-12,19,32-34H2,1H3,(H,52,56)(H,53,57)(H,58,59). The third kappa shape index (κ3) is 12.6. The number of carboxylic acid groups (broad SMARTS) is 1. The summed E-state index contributed by atoms with van der Waals surface area (Å²) in [6, 6.07) is 47.2. The van der Waals surface area contributed by atoms with Crippen LogP contribution in [0.25, 0.3) is 0 Å². The van der Waals surface area contributed by atoms with E-state index >= 15 is 0 Å². The second kappa shape index (κ2) is 22.3. The van der Waals surface area contributed by atoms with Crippen molar-refractivity contribution in [1.82, 2.24) is 16.0 Å². The molecule has 2 unspecified atom stereocenters. The van der Waals surface area contributed by atoms with E-state index in [1.165, 1.54) is 24.3 Å². The predicted octanol–water partition coefficient (Wildman–Crippen LogP) is 8.67. The van der Waals surface area contributed by atoms with Gasteiger partial charge < -0.3 is 30.5 Å². The fourth-order valence-corrected chi connectivity index (χ4v) is 7.30. The summed E-state index contributed by atoms with van der Waals surface area (Å²) in [5, 5.41) is 32.4. The van der Waals surface area contributed by atoms with Crippen molar-refractivity contribution in [3.8, 4) is 5.75 Å². The van der Waals surface area contributed by atoms with Crippen LogP contribution in [0.3, 0.4) is 0 Å². The summed E-state index contributed by atoms with van der Waals surface area (Å²) in [4.78, 5) is 62.2. The third-order valence-corrected chi connectivity index (χ3v) is 10.6. The van der Waals surface area contributed by atoms with Crippen LogP contribution >= 0.6 is 0 Å². The molecule has 6 aromatic rings. The van der Waals surface area contributed by atoms with Crippen LogP contribution in [0.4, 0.5) is 21.0 Å². The van der Waals surface area contributed by atoms with Gasteiger partial charge in [-0.15, -0.1) is 0 Å². The van der Waals surface area contributed by atoms with Crippen molar-refractivity contribution >= 4 is 35.4 Å². The molecular formula is C50H49N5O9. The van der Waals surface area contributed by atoms with Crippen LogP contribution in [0.1, 0.15) is 52.6 Å². The van der Waals surface area contributed by atoms with Crippen molar-refractivity contribution in [2.45, 2.75) is 56.8 Å². The molecular weight excluding hydrogens is 815 g/mol. The molecule has 14 nitrogen and oxygen atoms in total. The molecule has 6 aromatic carbocycles. The number of nitro groups is 1. The van der Waals surface area contributed by atoms with Gasteiger partial charge in [-0.05, 0) is 84.8 Å². The first-order valence-corrected chi connectivity index (χ1v) is 20.8. The predicted molar refractivity (Wildman–Crippen MR) is 242 cm³/mol. The smallest absolute Gasteiger partial charge is 0.465 e. The van der Waals surface area contributed by atoms with E-state index in [0.29, 0.717) is 30.6 Å². The number of hydrogen-bond donors (Lipinski definition) is 5. The number of carbonyl (C=O) groups excluding carboxylic acids is 3. The SMILES string of the molecule is Cc1ccc(C(NCCCCC(NC(=O)C(Cc2ccccc2)NC(=O)O)C(=O)Nc2ccc(COC(=O)Oc3ccc([N+](=O)[O-])cc3)cc2)(c2ccccc2)c2ccccc2)cc1. The van der Waals surface area contributed by atoms with Crippen LogP contribution in [0.5, 0.6) is 5.75 Å². The number of nitrogens with zero attached hydrogens (tertiary/aromatic N) is 1. The number of nitrogens with one attached hydrogen (secondary N) is 4. The van der Waals surface area contributed by atoms with Gasteiger partial charge in [-0.3, -0.25) is 25.0 Å². The number of ether oxygens (including phenoxy) is 2. The molecule has 64 heavy (non-hydrogen) atoms. The molecule has 0 radical (unpaired) electrons. The zero-order valence-electron chi connectivity index (χ0n) is 35.1. The highest BCUT2D eigenvalue weighted by atomic mass is 16.7. The average Bonchev–Trinajstić information content (AvgIpc) is 3.30. The number of non-ortho nitro benzene ring substituents is 1. The minimum absolute atomic E-state index is 0.0717. The van der Waals surface area contributed by atoms with E-state index in [4.69, 9.17) is 9.47 Å². The summed E-state index contributed by atoms with van der Waals surface area (Å²) in [5.74, 6) is -1.08. The second-order valence-electron chi connectivity index (χ2n) is 15.1. The van der Waals surface area contributed by atoms with Crippen LogP contribution in [0.2, 0.25) is 0 Å². The van der Waals surface area contributed by atoms with E-state index in [-0.39, 0.29) is 30.9 Å². The van der Waals surface area contributed by atoms with Gasteiger partial charge in [-0.2, -0.15) is 0 Å². The molecule has 0 aromatic heterocycles. The molecule has 0 aliphatic heterocycles. The summed E-state index contributed by atoms with van der Waals surface area (Å²) >= 11 is 0. The van der Waals surface area contributed by atoms with Gasteiger partial charge >= 0.3 is 12.2 Å². The maximum atomic E-state index is 14.0. The van der Waals surface area contributed by atoms with E-state index in [2.05, 4.69) is 76.7 Å². The Hall–Kier alpha value is -7.84. The fourth-order valence-electron chi connectivity index (χ4n) is 7.30. The third-order valence-electron chi connectivity index (χ3n) is 10.6. The van der Waals surface area contributed by atoms with Crippen molar-refractivity contribution < 1.29 is 38.7 Å². The van der Waals surface area contributed by atoms with Gasteiger partial charge in [-0.1, -0.05) is 133 Å². The number of unbranched alkanes of at least 4 members (excludes halogenated alkanes) is 1. The van der Waals surface area contributed by atoms with Crippen LogP contribution in [0, 0.1) is 17.0 Å². The Morgan fingerprint density at radius 2 is 1.23 bits per heavy atom. The molecule has 0 aliphatic rings. The normalized spacial score (nSPS) is 12.0. The van der Waals surface area contributed by atoms with Gasteiger partial charge in [0.25, 0.3) is 5.69 Å². The molecule has 3 amide bonds. The molecule has 14 heteroatoms. The largest absolute Gasteiger partial charge is 0.514 e. The Bertz CT molecular complexity index is 2430. The Balaban J connectivity index is 1.14. The Kier molecular flexibility index (Phi) is 15.9. The summed E-state index contributed by atoms with van der Waals surface area (Å²) in [5.41, 5.74) is 5.19. The Morgan fingerprint density at radius 1 is 0.656 bits per heavy atom. The van der Waals surface area contributed by atoms with Gasteiger partial charge in [-0.25, -0.2) is 9.59 Å². The first-order chi connectivity index (χ1) is 31.0. The number of aryl methyl sites for hydroxylation is 1. The number of benzene rings is 6. The lowest BCUT2D eigenvalue weighted by Crippen LogP contribution is -2.53.